The van der Waals surface area contributed by atoms with Crippen molar-refractivity contribution >= 4 is 29.2 Å². The molecule has 186 valence electrons. The number of nitrogens with one attached hydrogen (secondary N) is 3. The molecule has 1 saturated heterocycles. The molecule has 4 rings (SSSR count). The molecular formula is C26H32N4O5. The van der Waals surface area contributed by atoms with E-state index >= 15 is 0 Å². The molecule has 1 fully saturated rings. The summed E-state index contributed by atoms with van der Waals surface area (Å²) in [4.78, 5) is 39.5. The molecule has 9 heteroatoms. The third-order valence-corrected chi connectivity index (χ3v) is 6.45. The van der Waals surface area contributed by atoms with Crippen LogP contribution in [0.1, 0.15) is 42.1 Å². The van der Waals surface area contributed by atoms with E-state index in [2.05, 4.69) is 16.0 Å². The van der Waals surface area contributed by atoms with Crippen molar-refractivity contribution in [2.24, 2.45) is 0 Å². The molecular weight excluding hydrogens is 448 g/mol. The molecule has 4 amide bonds. The lowest BCUT2D eigenvalue weighted by atomic mass is 9.94. The van der Waals surface area contributed by atoms with Crippen molar-refractivity contribution in [2.75, 3.05) is 30.8 Å². The quantitative estimate of drug-likeness (QED) is 0.607. The number of para-hydroxylation sites is 1. The van der Waals surface area contributed by atoms with E-state index in [0.717, 1.165) is 5.56 Å². The summed E-state index contributed by atoms with van der Waals surface area (Å²) in [6, 6.07) is 11.9. The molecule has 0 bridgehead atoms. The van der Waals surface area contributed by atoms with Gasteiger partial charge in [0.25, 0.3) is 5.91 Å². The van der Waals surface area contributed by atoms with Crippen molar-refractivity contribution in [3.63, 3.8) is 0 Å². The minimum Gasteiger partial charge on any atom is -0.490 e. The summed E-state index contributed by atoms with van der Waals surface area (Å²) in [5.74, 6) is 0.187. The number of urea groups is 1. The highest BCUT2D eigenvalue weighted by Crippen LogP contribution is 2.32. The van der Waals surface area contributed by atoms with Gasteiger partial charge in [0.2, 0.25) is 5.91 Å². The zero-order valence-corrected chi connectivity index (χ0v) is 20.3. The predicted octanol–water partition coefficient (Wildman–Crippen LogP) is 3.55. The third-order valence-electron chi connectivity index (χ3n) is 6.45. The van der Waals surface area contributed by atoms with Gasteiger partial charge in [0, 0.05) is 25.0 Å². The first-order valence-electron chi connectivity index (χ1n) is 12.0. The fourth-order valence-electron chi connectivity index (χ4n) is 4.58. The Labute approximate surface area is 205 Å². The zero-order chi connectivity index (χ0) is 24.9. The number of ether oxygens (including phenoxy) is 2. The Bertz CT molecular complexity index is 1100. The van der Waals surface area contributed by atoms with Gasteiger partial charge in [-0.1, -0.05) is 18.2 Å². The molecule has 0 radical (unpaired) electrons. The number of likely N-dealkylation sites (N-methyl/N-ethyl adjacent to an activating group) is 1. The second-order valence-corrected chi connectivity index (χ2v) is 8.93. The van der Waals surface area contributed by atoms with Crippen LogP contribution in [-0.4, -0.2) is 61.2 Å². The van der Waals surface area contributed by atoms with Gasteiger partial charge in [-0.05, 0) is 56.5 Å². The average Bonchev–Trinajstić information content (AvgIpc) is 2.83. The van der Waals surface area contributed by atoms with Crippen LogP contribution in [0.2, 0.25) is 0 Å². The summed E-state index contributed by atoms with van der Waals surface area (Å²) in [5, 5.41) is 8.41. The van der Waals surface area contributed by atoms with Crippen molar-refractivity contribution in [3.8, 4) is 5.75 Å². The van der Waals surface area contributed by atoms with E-state index in [-0.39, 0.29) is 36.7 Å². The lowest BCUT2D eigenvalue weighted by Gasteiger charge is -2.42. The second-order valence-electron chi connectivity index (χ2n) is 8.93. The number of benzene rings is 2. The van der Waals surface area contributed by atoms with E-state index in [0.29, 0.717) is 48.5 Å². The van der Waals surface area contributed by atoms with Crippen LogP contribution in [0.3, 0.4) is 0 Å². The zero-order valence-electron chi connectivity index (χ0n) is 20.3. The van der Waals surface area contributed by atoms with Crippen LogP contribution < -0.4 is 20.7 Å². The third kappa shape index (κ3) is 5.74. The summed E-state index contributed by atoms with van der Waals surface area (Å²) < 4.78 is 12.2. The first kappa shape index (κ1) is 24.5. The van der Waals surface area contributed by atoms with Crippen molar-refractivity contribution in [3.05, 3.63) is 53.6 Å². The largest absolute Gasteiger partial charge is 0.490 e. The Hall–Kier alpha value is -3.59. The lowest BCUT2D eigenvalue weighted by Crippen LogP contribution is -2.54. The molecule has 2 aliphatic rings. The van der Waals surface area contributed by atoms with Crippen LogP contribution in [0.4, 0.5) is 16.2 Å². The molecule has 0 unspecified atom stereocenters. The summed E-state index contributed by atoms with van der Waals surface area (Å²) in [5.41, 5.74) is 2.52. The Morgan fingerprint density at radius 1 is 1.11 bits per heavy atom. The number of carbonyl (C=O) groups is 3. The summed E-state index contributed by atoms with van der Waals surface area (Å²) in [6.45, 7) is 4.64. The van der Waals surface area contributed by atoms with Crippen LogP contribution in [0.5, 0.6) is 5.75 Å². The number of rotatable bonds is 5. The van der Waals surface area contributed by atoms with Gasteiger partial charge < -0.3 is 30.3 Å². The van der Waals surface area contributed by atoms with Crippen LogP contribution in [-0.2, 0) is 9.53 Å². The van der Waals surface area contributed by atoms with Crippen molar-refractivity contribution < 1.29 is 23.9 Å². The maximum absolute atomic E-state index is 13.4. The van der Waals surface area contributed by atoms with Gasteiger partial charge in [0.1, 0.15) is 18.5 Å². The van der Waals surface area contributed by atoms with Gasteiger partial charge in [0.15, 0.2) is 0 Å². The van der Waals surface area contributed by atoms with Crippen LogP contribution >= 0.6 is 0 Å². The Kier molecular flexibility index (Phi) is 7.55. The fourth-order valence-corrected chi connectivity index (χ4v) is 4.58. The number of hydrogen-bond acceptors (Lipinski definition) is 5. The van der Waals surface area contributed by atoms with Crippen molar-refractivity contribution in [2.45, 2.75) is 51.4 Å². The number of amides is 4. The summed E-state index contributed by atoms with van der Waals surface area (Å²) in [6.07, 6.45) is 1.16. The molecule has 0 aliphatic carbocycles. The van der Waals surface area contributed by atoms with Crippen molar-refractivity contribution in [1.82, 2.24) is 10.2 Å². The van der Waals surface area contributed by atoms with Gasteiger partial charge in [-0.15, -0.1) is 0 Å². The molecule has 2 aromatic rings. The highest BCUT2D eigenvalue weighted by molar-refractivity contribution is 6.02. The van der Waals surface area contributed by atoms with Gasteiger partial charge in [-0.25, -0.2) is 4.79 Å². The molecule has 9 nitrogen and oxygen atoms in total. The minimum absolute atomic E-state index is 0.0380. The smallest absolute Gasteiger partial charge is 0.323 e. The minimum atomic E-state index is -0.397. The molecule has 2 aliphatic heterocycles. The topological polar surface area (TPSA) is 109 Å². The van der Waals surface area contributed by atoms with Crippen LogP contribution in [0.15, 0.2) is 42.5 Å². The maximum Gasteiger partial charge on any atom is 0.323 e. The van der Waals surface area contributed by atoms with Crippen LogP contribution in [0, 0.1) is 6.92 Å². The number of aryl methyl sites for hydroxylation is 1. The Morgan fingerprint density at radius 3 is 2.69 bits per heavy atom. The Balaban J connectivity index is 1.46. The fraction of sp³-hybridized carbons (Fsp3) is 0.423. The molecule has 2 aromatic carbocycles. The predicted molar refractivity (Wildman–Crippen MR) is 133 cm³/mol. The van der Waals surface area contributed by atoms with E-state index in [1.807, 2.05) is 38.1 Å². The molecule has 35 heavy (non-hydrogen) atoms. The first-order valence-corrected chi connectivity index (χ1v) is 12.0. The first-order chi connectivity index (χ1) is 16.9. The number of fused-ring (bicyclic) bond motifs is 2. The highest BCUT2D eigenvalue weighted by atomic mass is 16.5. The van der Waals surface area contributed by atoms with E-state index in [1.54, 1.807) is 30.1 Å². The van der Waals surface area contributed by atoms with E-state index in [9.17, 15) is 14.4 Å². The number of anilines is 2. The SMILES string of the molecule is CCNC(=O)C[C@@H]1CC[C@@H]2[C@@H](COc3ccc(NC(=O)Nc4ccccc4C)cc3C(=O)N2C)O1. The summed E-state index contributed by atoms with van der Waals surface area (Å²) in [7, 11) is 1.76. The van der Waals surface area contributed by atoms with Gasteiger partial charge in [0.05, 0.1) is 24.1 Å². The van der Waals surface area contributed by atoms with Gasteiger partial charge in [-0.2, -0.15) is 0 Å². The van der Waals surface area contributed by atoms with E-state index in [4.69, 9.17) is 9.47 Å². The lowest BCUT2D eigenvalue weighted by molar-refractivity contribution is -0.133. The molecule has 2 heterocycles. The van der Waals surface area contributed by atoms with Crippen LogP contribution in [0.25, 0.3) is 0 Å². The van der Waals surface area contributed by atoms with E-state index in [1.165, 1.54) is 0 Å². The monoisotopic (exact) mass is 480 g/mol. The molecule has 0 aromatic heterocycles. The average molecular weight is 481 g/mol. The highest BCUT2D eigenvalue weighted by Gasteiger charge is 2.39. The van der Waals surface area contributed by atoms with E-state index < -0.39 is 6.03 Å². The number of carbonyl (C=O) groups excluding carboxylic acids is 3. The maximum atomic E-state index is 13.4. The Morgan fingerprint density at radius 2 is 1.91 bits per heavy atom. The molecule has 0 saturated carbocycles. The summed E-state index contributed by atoms with van der Waals surface area (Å²) >= 11 is 0. The van der Waals surface area contributed by atoms with Crippen molar-refractivity contribution in [1.29, 1.82) is 0 Å². The normalized spacial score (nSPS) is 21.5. The van der Waals surface area contributed by atoms with Gasteiger partial charge >= 0.3 is 6.03 Å². The number of nitrogens with zero attached hydrogens (tertiary/aromatic N) is 1. The molecule has 3 atom stereocenters. The second kappa shape index (κ2) is 10.8. The molecule has 3 N–H and O–H groups in total. The molecule has 0 spiro atoms. The number of hydrogen-bond donors (Lipinski definition) is 3. The standard InChI is InChI=1S/C26H32N4O5/c1-4-27-24(31)14-18-10-11-21-23(35-18)15-34-22-12-9-17(13-19(22)25(32)30(21)3)28-26(33)29-20-8-6-5-7-16(20)2/h5-9,12-13,18,21,23H,4,10-11,14-15H2,1-3H3,(H,27,31)(H2,28,29,33)/t18-,21+,23+/m0/s1. The van der Waals surface area contributed by atoms with Gasteiger partial charge in [-0.3, -0.25) is 9.59 Å².